The zero-order valence-electron chi connectivity index (χ0n) is 13.5. The Hall–Kier alpha value is -2.39. The molecule has 0 aromatic heterocycles. The predicted octanol–water partition coefficient (Wildman–Crippen LogP) is 1.30. The molecule has 0 bridgehead atoms. The molecule has 1 aromatic carbocycles. The summed E-state index contributed by atoms with van der Waals surface area (Å²) in [7, 11) is 0. The fourth-order valence-corrected chi connectivity index (χ4v) is 2.10. The number of halogens is 2. The first-order chi connectivity index (χ1) is 11.5. The highest BCUT2D eigenvalue weighted by Gasteiger charge is 2.26. The molecule has 0 radical (unpaired) electrons. The first kappa shape index (κ1) is 20.7. The van der Waals surface area contributed by atoms with Crippen molar-refractivity contribution in [3.63, 3.8) is 0 Å². The summed E-state index contributed by atoms with van der Waals surface area (Å²) in [5.41, 5.74) is 0.365. The number of benzene rings is 1. The van der Waals surface area contributed by atoms with Crippen LogP contribution in [0.3, 0.4) is 0 Å². The lowest BCUT2D eigenvalue weighted by Gasteiger charge is -2.15. The molecule has 8 nitrogen and oxygen atoms in total. The van der Waals surface area contributed by atoms with E-state index in [1.807, 2.05) is 0 Å². The monoisotopic (exact) mass is 375 g/mol. The van der Waals surface area contributed by atoms with E-state index < -0.39 is 23.8 Å². The first-order valence-electron chi connectivity index (χ1n) is 7.41. The number of cyclic esters (lactones) is 1. The van der Waals surface area contributed by atoms with Crippen LogP contribution in [0.15, 0.2) is 18.2 Å². The first-order valence-corrected chi connectivity index (χ1v) is 7.41. The van der Waals surface area contributed by atoms with Crippen LogP contribution in [0, 0.1) is 5.82 Å². The number of hydrogen-bond acceptors (Lipinski definition) is 6. The fourth-order valence-electron chi connectivity index (χ4n) is 2.10. The molecule has 1 saturated heterocycles. The number of ether oxygens (including phenoxy) is 2. The Kier molecular flexibility index (Phi) is 8.09. The van der Waals surface area contributed by atoms with Crippen molar-refractivity contribution in [1.82, 2.24) is 5.32 Å². The Morgan fingerprint density at radius 3 is 2.76 bits per heavy atom. The minimum absolute atomic E-state index is 0. The Morgan fingerprint density at radius 1 is 1.36 bits per heavy atom. The van der Waals surface area contributed by atoms with Crippen LogP contribution < -0.4 is 15.5 Å². The van der Waals surface area contributed by atoms with E-state index in [0.29, 0.717) is 5.69 Å². The van der Waals surface area contributed by atoms with Gasteiger partial charge in [0.25, 0.3) is 0 Å². The third kappa shape index (κ3) is 5.87. The zero-order chi connectivity index (χ0) is 17.5. The molecule has 0 saturated carbocycles. The van der Waals surface area contributed by atoms with E-state index in [1.54, 1.807) is 6.92 Å². The third-order valence-corrected chi connectivity index (χ3v) is 3.14. The van der Waals surface area contributed by atoms with Crippen molar-refractivity contribution in [1.29, 1.82) is 0 Å². The normalized spacial score (nSPS) is 13.0. The maximum atomic E-state index is 13.9. The molecule has 25 heavy (non-hydrogen) atoms. The maximum Gasteiger partial charge on any atom is 0.414 e. The molecule has 2 rings (SSSR count). The molecule has 0 aliphatic carbocycles. The Morgan fingerprint density at radius 2 is 2.12 bits per heavy atom. The van der Waals surface area contributed by atoms with Gasteiger partial charge in [-0.25, -0.2) is 9.18 Å². The average Bonchev–Trinajstić information content (AvgIpc) is 2.95. The van der Waals surface area contributed by atoms with E-state index in [1.165, 1.54) is 12.1 Å². The number of amides is 2. The van der Waals surface area contributed by atoms with Crippen molar-refractivity contribution in [3.05, 3.63) is 24.0 Å². The summed E-state index contributed by atoms with van der Waals surface area (Å²) in [5, 5.41) is 5.19. The van der Waals surface area contributed by atoms with Crippen LogP contribution in [0.2, 0.25) is 0 Å². The Labute approximate surface area is 150 Å². The number of anilines is 2. The van der Waals surface area contributed by atoms with Crippen molar-refractivity contribution >= 4 is 41.8 Å². The zero-order valence-corrected chi connectivity index (χ0v) is 14.4. The molecular weight excluding hydrogens is 357 g/mol. The fraction of sp³-hybridized carbons (Fsp3) is 0.400. The van der Waals surface area contributed by atoms with Crippen molar-refractivity contribution in [3.8, 4) is 0 Å². The molecule has 1 aliphatic rings. The third-order valence-electron chi connectivity index (χ3n) is 3.14. The van der Waals surface area contributed by atoms with Gasteiger partial charge in [0.05, 0.1) is 31.9 Å². The number of carbonyl (C=O) groups excluding carboxylic acids is 3. The van der Waals surface area contributed by atoms with Gasteiger partial charge in [-0.1, -0.05) is 0 Å². The standard InChI is InChI=1S/C15H18FN3O5.ClH/c1-2-23-14(21)9-17-8-13(20)18-10-3-4-11(16)12(7-10)19-5-6-24-15(19)22;/h3-4,7,17H,2,5-6,8-9H2,1H3,(H,18,20);1H. The summed E-state index contributed by atoms with van der Waals surface area (Å²) in [4.78, 5) is 35.6. The Bertz CT molecular complexity index is 644. The van der Waals surface area contributed by atoms with E-state index >= 15 is 0 Å². The van der Waals surface area contributed by atoms with Crippen LogP contribution in [-0.4, -0.2) is 50.8 Å². The van der Waals surface area contributed by atoms with Crippen LogP contribution >= 0.6 is 12.4 Å². The molecule has 1 fully saturated rings. The molecule has 1 aliphatic heterocycles. The topological polar surface area (TPSA) is 97.0 Å². The van der Waals surface area contributed by atoms with Gasteiger partial charge in [0.15, 0.2) is 0 Å². The van der Waals surface area contributed by atoms with E-state index in [4.69, 9.17) is 9.47 Å². The van der Waals surface area contributed by atoms with Gasteiger partial charge in [0, 0.05) is 5.69 Å². The molecule has 2 amide bonds. The number of carbonyl (C=O) groups is 3. The highest BCUT2D eigenvalue weighted by molar-refractivity contribution is 5.94. The molecule has 138 valence electrons. The van der Waals surface area contributed by atoms with E-state index in [0.717, 1.165) is 11.0 Å². The highest BCUT2D eigenvalue weighted by Crippen LogP contribution is 2.26. The molecule has 1 aromatic rings. The average molecular weight is 376 g/mol. The summed E-state index contributed by atoms with van der Waals surface area (Å²) in [5.74, 6) is -1.46. The number of esters is 1. The predicted molar refractivity (Wildman–Crippen MR) is 90.5 cm³/mol. The summed E-state index contributed by atoms with van der Waals surface area (Å²) in [6, 6.07) is 3.89. The number of nitrogens with one attached hydrogen (secondary N) is 2. The number of rotatable bonds is 7. The van der Waals surface area contributed by atoms with Crippen molar-refractivity contribution in [2.75, 3.05) is 43.1 Å². The molecule has 0 unspecified atom stereocenters. The molecular formula is C15H19ClFN3O5. The summed E-state index contributed by atoms with van der Waals surface area (Å²) in [6.07, 6.45) is -0.631. The van der Waals surface area contributed by atoms with Crippen molar-refractivity contribution < 1.29 is 28.2 Å². The van der Waals surface area contributed by atoms with Gasteiger partial charge in [-0.15, -0.1) is 12.4 Å². The molecule has 0 spiro atoms. The van der Waals surface area contributed by atoms with Crippen LogP contribution in [0.4, 0.5) is 20.6 Å². The SMILES string of the molecule is CCOC(=O)CNCC(=O)Nc1ccc(F)c(N2CCOC2=O)c1.Cl. The number of nitrogens with zero attached hydrogens (tertiary/aromatic N) is 1. The second-order valence-corrected chi connectivity index (χ2v) is 4.89. The lowest BCUT2D eigenvalue weighted by atomic mass is 10.2. The summed E-state index contributed by atoms with van der Waals surface area (Å²) in [6.45, 7) is 2.19. The Balaban J connectivity index is 0.00000312. The van der Waals surface area contributed by atoms with Crippen molar-refractivity contribution in [2.24, 2.45) is 0 Å². The summed E-state index contributed by atoms with van der Waals surface area (Å²) >= 11 is 0. The van der Waals surface area contributed by atoms with E-state index in [9.17, 15) is 18.8 Å². The molecule has 2 N–H and O–H groups in total. The number of hydrogen-bond donors (Lipinski definition) is 2. The quantitative estimate of drug-likeness (QED) is 0.697. The van der Waals surface area contributed by atoms with Crippen LogP contribution in [0.25, 0.3) is 0 Å². The lowest BCUT2D eigenvalue weighted by molar-refractivity contribution is -0.141. The van der Waals surface area contributed by atoms with E-state index in [2.05, 4.69) is 10.6 Å². The van der Waals surface area contributed by atoms with Gasteiger partial charge in [-0.2, -0.15) is 0 Å². The van der Waals surface area contributed by atoms with Crippen molar-refractivity contribution in [2.45, 2.75) is 6.92 Å². The van der Waals surface area contributed by atoms with Crippen LogP contribution in [-0.2, 0) is 19.1 Å². The largest absolute Gasteiger partial charge is 0.465 e. The van der Waals surface area contributed by atoms with Gasteiger partial charge < -0.3 is 14.8 Å². The molecule has 10 heteroatoms. The van der Waals surface area contributed by atoms with Crippen LogP contribution in [0.5, 0.6) is 0 Å². The minimum Gasteiger partial charge on any atom is -0.465 e. The van der Waals surface area contributed by atoms with Gasteiger partial charge in [-0.05, 0) is 25.1 Å². The lowest BCUT2D eigenvalue weighted by Crippen LogP contribution is -2.32. The molecule has 1 heterocycles. The second-order valence-electron chi connectivity index (χ2n) is 4.89. The van der Waals surface area contributed by atoms with Gasteiger partial charge >= 0.3 is 12.1 Å². The molecule has 0 atom stereocenters. The maximum absolute atomic E-state index is 13.9. The van der Waals surface area contributed by atoms with Gasteiger partial charge in [0.2, 0.25) is 5.91 Å². The minimum atomic E-state index is -0.631. The van der Waals surface area contributed by atoms with E-state index in [-0.39, 0.29) is 50.9 Å². The second kappa shape index (κ2) is 9.80. The van der Waals surface area contributed by atoms with Gasteiger partial charge in [0.1, 0.15) is 12.4 Å². The smallest absolute Gasteiger partial charge is 0.414 e. The highest BCUT2D eigenvalue weighted by atomic mass is 35.5. The summed E-state index contributed by atoms with van der Waals surface area (Å²) < 4.78 is 23.4. The van der Waals surface area contributed by atoms with Crippen LogP contribution in [0.1, 0.15) is 6.92 Å². The van der Waals surface area contributed by atoms with Gasteiger partial charge in [-0.3, -0.25) is 19.8 Å².